The summed E-state index contributed by atoms with van der Waals surface area (Å²) in [6.07, 6.45) is 5.51. The predicted molar refractivity (Wildman–Crippen MR) is 71.7 cm³/mol. The Morgan fingerprint density at radius 2 is 1.94 bits per heavy atom. The quantitative estimate of drug-likeness (QED) is 0.760. The van der Waals surface area contributed by atoms with E-state index in [0.717, 1.165) is 5.92 Å². The molecule has 1 aliphatic rings. The van der Waals surface area contributed by atoms with Gasteiger partial charge in [-0.3, -0.25) is 0 Å². The highest BCUT2D eigenvalue weighted by Gasteiger charge is 2.27. The molecule has 0 heterocycles. The first kappa shape index (κ1) is 15.4. The minimum absolute atomic E-state index is 0.452. The fourth-order valence-corrected chi connectivity index (χ4v) is 2.81. The molecular formula is C14H27NO3. The number of carbonyl (C=O) groups is 1. The van der Waals surface area contributed by atoms with Gasteiger partial charge in [0.05, 0.1) is 0 Å². The van der Waals surface area contributed by atoms with Crippen LogP contribution in [0.25, 0.3) is 0 Å². The lowest BCUT2D eigenvalue weighted by Gasteiger charge is -2.35. The van der Waals surface area contributed by atoms with Gasteiger partial charge in [-0.25, -0.2) is 4.79 Å². The normalized spacial score (nSPS) is 26.2. The first-order valence-corrected chi connectivity index (χ1v) is 7.13. The molecule has 18 heavy (non-hydrogen) atoms. The first-order valence-electron chi connectivity index (χ1n) is 7.13. The van der Waals surface area contributed by atoms with Gasteiger partial charge in [0, 0.05) is 19.2 Å². The second-order valence-corrected chi connectivity index (χ2v) is 5.30. The topological polar surface area (TPSA) is 49.8 Å². The minimum atomic E-state index is -0.856. The summed E-state index contributed by atoms with van der Waals surface area (Å²) in [4.78, 5) is 13.2. The van der Waals surface area contributed by atoms with Crippen molar-refractivity contribution in [3.05, 3.63) is 0 Å². The van der Waals surface area contributed by atoms with Crippen LogP contribution in [0, 0.1) is 5.92 Å². The van der Waals surface area contributed by atoms with E-state index in [1.165, 1.54) is 32.1 Å². The maximum Gasteiger partial charge on any atom is 0.334 e. The van der Waals surface area contributed by atoms with E-state index in [9.17, 15) is 4.79 Å². The lowest BCUT2D eigenvalue weighted by Crippen LogP contribution is -2.43. The number of hydrogen-bond donors (Lipinski definition) is 1. The van der Waals surface area contributed by atoms with E-state index >= 15 is 0 Å². The SMILES string of the molecule is CCOC(CN(C)C1CCC(CC)CC1)C(=O)O. The molecule has 1 N–H and O–H groups in total. The highest BCUT2D eigenvalue weighted by atomic mass is 16.5. The molecule has 0 aromatic heterocycles. The van der Waals surface area contributed by atoms with Crippen LogP contribution in [0.4, 0.5) is 0 Å². The minimum Gasteiger partial charge on any atom is -0.479 e. The van der Waals surface area contributed by atoms with E-state index < -0.39 is 12.1 Å². The van der Waals surface area contributed by atoms with Gasteiger partial charge in [-0.2, -0.15) is 0 Å². The molecule has 1 atom stereocenters. The maximum absolute atomic E-state index is 11.1. The summed E-state index contributed by atoms with van der Waals surface area (Å²) in [6, 6.07) is 0.523. The van der Waals surface area contributed by atoms with E-state index in [-0.39, 0.29) is 0 Å². The summed E-state index contributed by atoms with van der Waals surface area (Å²) in [5.74, 6) is 0.0164. The number of nitrogens with zero attached hydrogens (tertiary/aromatic N) is 1. The first-order chi connectivity index (χ1) is 8.58. The molecule has 1 rings (SSSR count). The summed E-state index contributed by atoms with van der Waals surface area (Å²) in [5, 5.41) is 9.08. The van der Waals surface area contributed by atoms with Gasteiger partial charge in [0.2, 0.25) is 0 Å². The molecule has 106 valence electrons. The number of likely N-dealkylation sites (N-methyl/N-ethyl adjacent to an activating group) is 1. The van der Waals surface area contributed by atoms with E-state index in [4.69, 9.17) is 9.84 Å². The molecule has 0 radical (unpaired) electrons. The third-order valence-electron chi connectivity index (χ3n) is 4.11. The van der Waals surface area contributed by atoms with Crippen molar-refractivity contribution in [3.63, 3.8) is 0 Å². The summed E-state index contributed by atoms with van der Waals surface area (Å²) in [7, 11) is 2.02. The Balaban J connectivity index is 2.39. The molecule has 0 spiro atoms. The van der Waals surface area contributed by atoms with Crippen molar-refractivity contribution < 1.29 is 14.6 Å². The van der Waals surface area contributed by atoms with Crippen molar-refractivity contribution in [2.24, 2.45) is 5.92 Å². The lowest BCUT2D eigenvalue weighted by molar-refractivity contribution is -0.151. The van der Waals surface area contributed by atoms with Gasteiger partial charge in [-0.05, 0) is 45.6 Å². The molecule has 1 aliphatic carbocycles. The van der Waals surface area contributed by atoms with E-state index in [1.54, 1.807) is 0 Å². The molecule has 0 aliphatic heterocycles. The Morgan fingerprint density at radius 1 is 1.33 bits per heavy atom. The summed E-state index contributed by atoms with van der Waals surface area (Å²) >= 11 is 0. The highest BCUT2D eigenvalue weighted by Crippen LogP contribution is 2.29. The average molecular weight is 257 g/mol. The van der Waals surface area contributed by atoms with Crippen molar-refractivity contribution in [1.82, 2.24) is 4.90 Å². The number of carboxylic acids is 1. The predicted octanol–water partition coefficient (Wildman–Crippen LogP) is 2.38. The smallest absolute Gasteiger partial charge is 0.334 e. The van der Waals surface area contributed by atoms with Crippen LogP contribution in [0.1, 0.15) is 46.0 Å². The molecule has 0 aromatic carbocycles. The van der Waals surface area contributed by atoms with Gasteiger partial charge >= 0.3 is 5.97 Å². The van der Waals surface area contributed by atoms with E-state index in [0.29, 0.717) is 19.2 Å². The van der Waals surface area contributed by atoms with Crippen molar-refractivity contribution in [2.75, 3.05) is 20.2 Å². The molecule has 0 aromatic rings. The Labute approximate surface area is 110 Å². The molecule has 1 saturated carbocycles. The second-order valence-electron chi connectivity index (χ2n) is 5.30. The Bertz CT molecular complexity index is 249. The van der Waals surface area contributed by atoms with Crippen LogP contribution in [0.15, 0.2) is 0 Å². The fourth-order valence-electron chi connectivity index (χ4n) is 2.81. The average Bonchev–Trinajstić information content (AvgIpc) is 2.38. The van der Waals surface area contributed by atoms with Crippen LogP contribution >= 0.6 is 0 Å². The van der Waals surface area contributed by atoms with Gasteiger partial charge in [0.25, 0.3) is 0 Å². The molecular weight excluding hydrogens is 230 g/mol. The summed E-state index contributed by atoms with van der Waals surface area (Å²) in [6.45, 7) is 5.03. The Morgan fingerprint density at radius 3 is 2.39 bits per heavy atom. The van der Waals surface area contributed by atoms with Gasteiger partial charge in [0.1, 0.15) is 0 Å². The molecule has 4 heteroatoms. The molecule has 0 bridgehead atoms. The van der Waals surface area contributed by atoms with Crippen LogP contribution in [-0.4, -0.2) is 48.3 Å². The molecule has 1 unspecified atom stereocenters. The second kappa shape index (κ2) is 7.74. The molecule has 0 saturated heterocycles. The van der Waals surface area contributed by atoms with E-state index in [2.05, 4.69) is 11.8 Å². The fraction of sp³-hybridized carbons (Fsp3) is 0.929. The van der Waals surface area contributed by atoms with Gasteiger partial charge in [-0.1, -0.05) is 13.3 Å². The van der Waals surface area contributed by atoms with Crippen molar-refractivity contribution in [2.45, 2.75) is 58.1 Å². The number of hydrogen-bond acceptors (Lipinski definition) is 3. The zero-order chi connectivity index (χ0) is 13.5. The largest absolute Gasteiger partial charge is 0.479 e. The zero-order valence-corrected chi connectivity index (χ0v) is 11.9. The summed E-state index contributed by atoms with van der Waals surface area (Å²) < 4.78 is 5.27. The summed E-state index contributed by atoms with van der Waals surface area (Å²) in [5.41, 5.74) is 0. The number of rotatable bonds is 7. The number of ether oxygens (including phenoxy) is 1. The standard InChI is InChI=1S/C14H27NO3/c1-4-11-6-8-12(9-7-11)15(3)10-13(14(16)17)18-5-2/h11-13H,4-10H2,1-3H3,(H,16,17). The van der Waals surface area contributed by atoms with Crippen LogP contribution < -0.4 is 0 Å². The molecule has 0 amide bonds. The van der Waals surface area contributed by atoms with Crippen LogP contribution in [0.5, 0.6) is 0 Å². The lowest BCUT2D eigenvalue weighted by atomic mass is 9.84. The maximum atomic E-state index is 11.1. The number of carboxylic acid groups (broad SMARTS) is 1. The van der Waals surface area contributed by atoms with Crippen molar-refractivity contribution >= 4 is 5.97 Å². The zero-order valence-electron chi connectivity index (χ0n) is 11.9. The van der Waals surface area contributed by atoms with E-state index in [1.807, 2.05) is 14.0 Å². The van der Waals surface area contributed by atoms with Crippen molar-refractivity contribution in [1.29, 1.82) is 0 Å². The monoisotopic (exact) mass is 257 g/mol. The third-order valence-corrected chi connectivity index (χ3v) is 4.11. The van der Waals surface area contributed by atoms with Gasteiger partial charge in [0.15, 0.2) is 6.10 Å². The van der Waals surface area contributed by atoms with Crippen molar-refractivity contribution in [3.8, 4) is 0 Å². The van der Waals surface area contributed by atoms with Gasteiger partial charge < -0.3 is 14.7 Å². The van der Waals surface area contributed by atoms with Crippen LogP contribution in [-0.2, 0) is 9.53 Å². The van der Waals surface area contributed by atoms with Crippen LogP contribution in [0.2, 0.25) is 0 Å². The third kappa shape index (κ3) is 4.58. The number of aliphatic carboxylic acids is 1. The Hall–Kier alpha value is -0.610. The highest BCUT2D eigenvalue weighted by molar-refractivity contribution is 5.72. The Kier molecular flexibility index (Phi) is 6.65. The van der Waals surface area contributed by atoms with Crippen LogP contribution in [0.3, 0.4) is 0 Å². The molecule has 1 fully saturated rings. The molecule has 4 nitrogen and oxygen atoms in total. The van der Waals surface area contributed by atoms with Gasteiger partial charge in [-0.15, -0.1) is 0 Å².